The molecule has 3 heteroatoms. The highest BCUT2D eigenvalue weighted by Crippen LogP contribution is 2.28. The molecule has 0 heterocycles. The van der Waals surface area contributed by atoms with E-state index in [1.807, 2.05) is 19.9 Å². The van der Waals surface area contributed by atoms with E-state index in [2.05, 4.69) is 0 Å². The fraction of sp³-hybridized carbons (Fsp3) is 0.364. The number of nitriles is 1. The summed E-state index contributed by atoms with van der Waals surface area (Å²) in [6, 6.07) is 6.93. The Bertz CT molecular complexity index is 368. The number of benzene rings is 1. The first kappa shape index (κ1) is 11.0. The molecule has 0 aliphatic heterocycles. The van der Waals surface area contributed by atoms with Crippen molar-refractivity contribution in [2.75, 3.05) is 0 Å². The molecule has 0 spiro atoms. The van der Waals surface area contributed by atoms with E-state index >= 15 is 0 Å². The van der Waals surface area contributed by atoms with Crippen molar-refractivity contribution in [3.05, 3.63) is 34.3 Å². The van der Waals surface area contributed by atoms with Crippen molar-refractivity contribution in [3.8, 4) is 6.07 Å². The molecule has 0 aromatic heterocycles. The molecule has 1 aromatic carbocycles. The molecular weight excluding hydrogens is 198 g/mol. The Morgan fingerprint density at radius 2 is 2.07 bits per heavy atom. The van der Waals surface area contributed by atoms with Gasteiger partial charge in [-0.3, -0.25) is 0 Å². The summed E-state index contributed by atoms with van der Waals surface area (Å²) in [6.07, 6.45) is -0.615. The second-order valence-electron chi connectivity index (χ2n) is 3.54. The Balaban J connectivity index is 3.13. The van der Waals surface area contributed by atoms with E-state index in [-0.39, 0.29) is 5.92 Å². The number of hydrogen-bond donors (Lipinski definition) is 1. The van der Waals surface area contributed by atoms with Crippen LogP contribution in [-0.4, -0.2) is 5.11 Å². The number of rotatable bonds is 2. The molecule has 1 aromatic rings. The SMILES string of the molecule is CC(C)C(O)c1cc(C#N)ccc1Cl. The molecule has 74 valence electrons. The van der Waals surface area contributed by atoms with Gasteiger partial charge in [0.15, 0.2) is 0 Å². The number of halogens is 1. The normalized spacial score (nSPS) is 12.6. The number of aliphatic hydroxyl groups is 1. The predicted molar refractivity (Wildman–Crippen MR) is 56.0 cm³/mol. The topological polar surface area (TPSA) is 44.0 Å². The van der Waals surface area contributed by atoms with E-state index in [1.165, 1.54) is 0 Å². The molecule has 0 amide bonds. The lowest BCUT2D eigenvalue weighted by molar-refractivity contribution is 0.127. The summed E-state index contributed by atoms with van der Waals surface area (Å²) in [5.74, 6) is 0.0847. The lowest BCUT2D eigenvalue weighted by Gasteiger charge is -2.16. The van der Waals surface area contributed by atoms with Gasteiger partial charge < -0.3 is 5.11 Å². The van der Waals surface area contributed by atoms with Crippen molar-refractivity contribution < 1.29 is 5.11 Å². The molecule has 0 aliphatic carbocycles. The lowest BCUT2D eigenvalue weighted by Crippen LogP contribution is -2.06. The van der Waals surface area contributed by atoms with E-state index in [9.17, 15) is 5.11 Å². The molecule has 0 fully saturated rings. The number of aliphatic hydroxyl groups excluding tert-OH is 1. The van der Waals surface area contributed by atoms with Crippen LogP contribution in [0.4, 0.5) is 0 Å². The van der Waals surface area contributed by atoms with Gasteiger partial charge in [-0.2, -0.15) is 5.26 Å². The first-order chi connectivity index (χ1) is 6.56. The van der Waals surface area contributed by atoms with Crippen LogP contribution >= 0.6 is 11.6 Å². The molecule has 1 unspecified atom stereocenters. The molecule has 0 radical (unpaired) electrons. The van der Waals surface area contributed by atoms with Crippen molar-refractivity contribution in [1.29, 1.82) is 5.26 Å². The summed E-state index contributed by atoms with van der Waals surface area (Å²) in [5.41, 5.74) is 1.14. The van der Waals surface area contributed by atoms with E-state index in [0.717, 1.165) is 0 Å². The maximum absolute atomic E-state index is 9.80. The Morgan fingerprint density at radius 3 is 2.57 bits per heavy atom. The van der Waals surface area contributed by atoms with Crippen LogP contribution in [0.1, 0.15) is 31.1 Å². The minimum Gasteiger partial charge on any atom is -0.388 e. The fourth-order valence-electron chi connectivity index (χ4n) is 1.20. The van der Waals surface area contributed by atoms with E-state index in [1.54, 1.807) is 18.2 Å². The Labute approximate surface area is 88.7 Å². The van der Waals surface area contributed by atoms with Crippen molar-refractivity contribution >= 4 is 11.6 Å². The Morgan fingerprint density at radius 1 is 1.43 bits per heavy atom. The van der Waals surface area contributed by atoms with Crippen LogP contribution in [0.2, 0.25) is 5.02 Å². The highest BCUT2D eigenvalue weighted by Gasteiger charge is 2.15. The van der Waals surface area contributed by atoms with Crippen LogP contribution < -0.4 is 0 Å². The highest BCUT2D eigenvalue weighted by atomic mass is 35.5. The zero-order valence-corrected chi connectivity index (χ0v) is 8.92. The molecule has 1 rings (SSSR count). The molecular formula is C11H12ClNO. The first-order valence-corrected chi connectivity index (χ1v) is 4.81. The maximum Gasteiger partial charge on any atom is 0.0991 e. The zero-order chi connectivity index (χ0) is 10.7. The molecule has 0 saturated carbocycles. The zero-order valence-electron chi connectivity index (χ0n) is 8.16. The predicted octanol–water partition coefficient (Wildman–Crippen LogP) is 2.90. The van der Waals surface area contributed by atoms with Gasteiger partial charge in [-0.15, -0.1) is 0 Å². The molecule has 14 heavy (non-hydrogen) atoms. The smallest absolute Gasteiger partial charge is 0.0991 e. The number of hydrogen-bond acceptors (Lipinski definition) is 2. The second kappa shape index (κ2) is 4.45. The molecule has 0 aliphatic rings. The van der Waals surface area contributed by atoms with Crippen molar-refractivity contribution in [2.24, 2.45) is 5.92 Å². The van der Waals surface area contributed by atoms with Gasteiger partial charge in [-0.1, -0.05) is 25.4 Å². The van der Waals surface area contributed by atoms with E-state index in [0.29, 0.717) is 16.1 Å². The summed E-state index contributed by atoms with van der Waals surface area (Å²) in [4.78, 5) is 0. The minimum atomic E-state index is -0.615. The third kappa shape index (κ3) is 2.25. The lowest BCUT2D eigenvalue weighted by atomic mass is 9.98. The Kier molecular flexibility index (Phi) is 3.51. The Hall–Kier alpha value is -1.04. The van der Waals surface area contributed by atoms with E-state index < -0.39 is 6.10 Å². The maximum atomic E-state index is 9.80. The summed E-state index contributed by atoms with van der Waals surface area (Å²) in [5, 5.41) is 19.0. The number of nitrogens with zero attached hydrogens (tertiary/aromatic N) is 1. The second-order valence-corrected chi connectivity index (χ2v) is 3.94. The van der Waals surface area contributed by atoms with Crippen LogP contribution in [0, 0.1) is 17.2 Å². The third-order valence-corrected chi connectivity index (χ3v) is 2.42. The molecule has 1 atom stereocenters. The molecule has 0 bridgehead atoms. The average Bonchev–Trinajstić information content (AvgIpc) is 2.17. The van der Waals surface area contributed by atoms with Gasteiger partial charge in [0.1, 0.15) is 0 Å². The van der Waals surface area contributed by atoms with Gasteiger partial charge >= 0.3 is 0 Å². The van der Waals surface area contributed by atoms with Gasteiger partial charge in [-0.25, -0.2) is 0 Å². The monoisotopic (exact) mass is 209 g/mol. The quantitative estimate of drug-likeness (QED) is 0.814. The van der Waals surface area contributed by atoms with Crippen LogP contribution in [0.25, 0.3) is 0 Å². The summed E-state index contributed by atoms with van der Waals surface area (Å²) in [7, 11) is 0. The van der Waals surface area contributed by atoms with Gasteiger partial charge in [0, 0.05) is 10.6 Å². The molecule has 2 nitrogen and oxygen atoms in total. The highest BCUT2D eigenvalue weighted by molar-refractivity contribution is 6.31. The largest absolute Gasteiger partial charge is 0.388 e. The molecule has 1 N–H and O–H groups in total. The van der Waals surface area contributed by atoms with Gasteiger partial charge in [0.25, 0.3) is 0 Å². The van der Waals surface area contributed by atoms with Crippen molar-refractivity contribution in [1.82, 2.24) is 0 Å². The van der Waals surface area contributed by atoms with Gasteiger partial charge in [-0.05, 0) is 24.1 Å². The van der Waals surface area contributed by atoms with Crippen molar-refractivity contribution in [2.45, 2.75) is 20.0 Å². The third-order valence-electron chi connectivity index (χ3n) is 2.08. The minimum absolute atomic E-state index is 0.0847. The average molecular weight is 210 g/mol. The van der Waals surface area contributed by atoms with Crippen LogP contribution in [-0.2, 0) is 0 Å². The first-order valence-electron chi connectivity index (χ1n) is 4.44. The van der Waals surface area contributed by atoms with Gasteiger partial charge in [0.05, 0.1) is 17.7 Å². The summed E-state index contributed by atoms with van der Waals surface area (Å²) in [6.45, 7) is 3.81. The fourth-order valence-corrected chi connectivity index (χ4v) is 1.43. The summed E-state index contributed by atoms with van der Waals surface area (Å²) >= 11 is 5.92. The molecule has 0 saturated heterocycles. The van der Waals surface area contributed by atoms with E-state index in [4.69, 9.17) is 16.9 Å². The summed E-state index contributed by atoms with van der Waals surface area (Å²) < 4.78 is 0. The van der Waals surface area contributed by atoms with Crippen LogP contribution in [0.15, 0.2) is 18.2 Å². The standard InChI is InChI=1S/C11H12ClNO/c1-7(2)11(14)9-5-8(6-13)3-4-10(9)12/h3-5,7,11,14H,1-2H3. The van der Waals surface area contributed by atoms with Crippen LogP contribution in [0.5, 0.6) is 0 Å². The van der Waals surface area contributed by atoms with Crippen LogP contribution in [0.3, 0.4) is 0 Å². The van der Waals surface area contributed by atoms with Crippen molar-refractivity contribution in [3.63, 3.8) is 0 Å². The van der Waals surface area contributed by atoms with Gasteiger partial charge in [0.2, 0.25) is 0 Å².